The van der Waals surface area contributed by atoms with Crippen molar-refractivity contribution in [3.63, 3.8) is 0 Å². The first-order valence-corrected chi connectivity index (χ1v) is 8.20. The van der Waals surface area contributed by atoms with Crippen LogP contribution in [0.1, 0.15) is 71.1 Å². The third-order valence-electron chi connectivity index (χ3n) is 4.76. The van der Waals surface area contributed by atoms with Crippen LogP contribution in [0.4, 0.5) is 0 Å². The zero-order chi connectivity index (χ0) is 15.3. The van der Waals surface area contributed by atoms with Gasteiger partial charge >= 0.3 is 5.97 Å². The molecule has 1 atom stereocenters. The van der Waals surface area contributed by atoms with Crippen LogP contribution >= 0.6 is 0 Å². The molecule has 2 N–H and O–H groups in total. The summed E-state index contributed by atoms with van der Waals surface area (Å²) in [5.74, 6) is -1.02. The highest BCUT2D eigenvalue weighted by Gasteiger charge is 2.41. The number of nitrogens with one attached hydrogen (secondary N) is 1. The Labute approximate surface area is 126 Å². The van der Waals surface area contributed by atoms with Crippen molar-refractivity contribution in [1.29, 1.82) is 0 Å². The summed E-state index contributed by atoms with van der Waals surface area (Å²) in [5.41, 5.74) is -0.538. The molecule has 0 radical (unpaired) electrons. The van der Waals surface area contributed by atoms with E-state index in [4.69, 9.17) is 9.84 Å². The van der Waals surface area contributed by atoms with Gasteiger partial charge in [0.15, 0.2) is 0 Å². The molecule has 0 aromatic rings. The van der Waals surface area contributed by atoms with E-state index in [1.165, 1.54) is 25.7 Å². The number of carboxylic acids is 1. The summed E-state index contributed by atoms with van der Waals surface area (Å²) in [5, 5.41) is 11.9. The number of carboxylic acid groups (broad SMARTS) is 1. The fourth-order valence-electron chi connectivity index (χ4n) is 3.33. The molecular formula is C16H27NO4. The zero-order valence-corrected chi connectivity index (χ0v) is 12.9. The maximum Gasteiger partial charge on any atom is 0.305 e. The van der Waals surface area contributed by atoms with Crippen LogP contribution in [-0.2, 0) is 14.3 Å². The van der Waals surface area contributed by atoms with Gasteiger partial charge in [-0.15, -0.1) is 0 Å². The van der Waals surface area contributed by atoms with Gasteiger partial charge in [-0.2, -0.15) is 0 Å². The van der Waals surface area contributed by atoms with Crippen LogP contribution < -0.4 is 5.32 Å². The lowest BCUT2D eigenvalue weighted by Crippen LogP contribution is -2.57. The minimum atomic E-state index is -0.854. The summed E-state index contributed by atoms with van der Waals surface area (Å²) >= 11 is 0. The molecule has 21 heavy (non-hydrogen) atoms. The lowest BCUT2D eigenvalue weighted by molar-refractivity contribution is -0.143. The van der Waals surface area contributed by atoms with Crippen LogP contribution in [0.3, 0.4) is 0 Å². The number of carbonyl (C=O) groups excluding carboxylic acids is 1. The van der Waals surface area contributed by atoms with Crippen molar-refractivity contribution >= 4 is 11.9 Å². The number of hydrogen-bond acceptors (Lipinski definition) is 3. The predicted molar refractivity (Wildman–Crippen MR) is 79.0 cm³/mol. The standard InChI is InChI=1S/C16H27NO4/c1-12(21-13-7-4-2-3-5-8-13)15(20)17-16(9-6-10-16)11-14(18)19/h12-13H,2-11H2,1H3,(H,17,20)(H,18,19). The Bertz CT molecular complexity index is 370. The average molecular weight is 297 g/mol. The molecule has 2 aliphatic rings. The Morgan fingerprint density at radius 1 is 1.19 bits per heavy atom. The first kappa shape index (κ1) is 16.3. The number of rotatable bonds is 6. The molecule has 2 aliphatic carbocycles. The molecule has 0 heterocycles. The van der Waals surface area contributed by atoms with Gasteiger partial charge in [-0.3, -0.25) is 9.59 Å². The Balaban J connectivity index is 1.82. The second kappa shape index (κ2) is 7.25. The maximum absolute atomic E-state index is 12.3. The molecule has 0 bridgehead atoms. The van der Waals surface area contributed by atoms with Crippen LogP contribution in [0.5, 0.6) is 0 Å². The van der Waals surface area contributed by atoms with Crippen molar-refractivity contribution in [1.82, 2.24) is 5.32 Å². The highest BCUT2D eigenvalue weighted by Crippen LogP contribution is 2.35. The minimum Gasteiger partial charge on any atom is -0.481 e. The summed E-state index contributed by atoms with van der Waals surface area (Å²) in [6, 6.07) is 0. The first-order chi connectivity index (χ1) is 10.0. The number of carbonyl (C=O) groups is 2. The van der Waals surface area contributed by atoms with Gasteiger partial charge in [-0.25, -0.2) is 0 Å². The minimum absolute atomic E-state index is 0.00882. The van der Waals surface area contributed by atoms with Crippen LogP contribution in [0.25, 0.3) is 0 Å². The SMILES string of the molecule is CC(OC1CCCCCC1)C(=O)NC1(CC(=O)O)CCC1. The number of hydrogen-bond donors (Lipinski definition) is 2. The monoisotopic (exact) mass is 297 g/mol. The molecule has 2 saturated carbocycles. The quantitative estimate of drug-likeness (QED) is 0.739. The van der Waals surface area contributed by atoms with E-state index in [2.05, 4.69) is 5.32 Å². The normalized spacial score (nSPS) is 23.7. The second-order valence-corrected chi connectivity index (χ2v) is 6.59. The molecule has 1 amide bonds. The smallest absolute Gasteiger partial charge is 0.305 e. The van der Waals surface area contributed by atoms with Gasteiger partial charge in [-0.1, -0.05) is 25.7 Å². The second-order valence-electron chi connectivity index (χ2n) is 6.59. The highest BCUT2D eigenvalue weighted by molar-refractivity contribution is 5.82. The number of amides is 1. The van der Waals surface area contributed by atoms with Crippen molar-refractivity contribution in [2.45, 2.75) is 88.9 Å². The average Bonchev–Trinajstić information content (AvgIpc) is 2.64. The Morgan fingerprint density at radius 2 is 1.81 bits per heavy atom. The van der Waals surface area contributed by atoms with Crippen LogP contribution in [0.2, 0.25) is 0 Å². The fourth-order valence-corrected chi connectivity index (χ4v) is 3.33. The lowest BCUT2D eigenvalue weighted by Gasteiger charge is -2.42. The summed E-state index contributed by atoms with van der Waals surface area (Å²) in [7, 11) is 0. The van der Waals surface area contributed by atoms with E-state index in [-0.39, 0.29) is 18.4 Å². The zero-order valence-electron chi connectivity index (χ0n) is 12.9. The molecule has 2 rings (SSSR count). The fraction of sp³-hybridized carbons (Fsp3) is 0.875. The molecule has 0 aromatic heterocycles. The van der Waals surface area contributed by atoms with Crippen molar-refractivity contribution in [3.8, 4) is 0 Å². The van der Waals surface area contributed by atoms with Crippen LogP contribution in [0.15, 0.2) is 0 Å². The number of aliphatic carboxylic acids is 1. The molecule has 2 fully saturated rings. The summed E-state index contributed by atoms with van der Waals surface area (Å²) < 4.78 is 5.89. The van der Waals surface area contributed by atoms with E-state index in [0.29, 0.717) is 0 Å². The summed E-state index contributed by atoms with van der Waals surface area (Å²) in [4.78, 5) is 23.2. The van der Waals surface area contributed by atoms with Crippen LogP contribution in [0, 0.1) is 0 Å². The van der Waals surface area contributed by atoms with Crippen molar-refractivity contribution in [3.05, 3.63) is 0 Å². The van der Waals surface area contributed by atoms with Gasteiger partial charge in [-0.05, 0) is 39.0 Å². The van der Waals surface area contributed by atoms with E-state index >= 15 is 0 Å². The summed E-state index contributed by atoms with van der Waals surface area (Å²) in [6.45, 7) is 1.77. The topological polar surface area (TPSA) is 75.6 Å². The Morgan fingerprint density at radius 3 is 2.29 bits per heavy atom. The number of ether oxygens (including phenoxy) is 1. The molecule has 1 unspecified atom stereocenters. The van der Waals surface area contributed by atoms with E-state index in [1.54, 1.807) is 6.92 Å². The van der Waals surface area contributed by atoms with Crippen molar-refractivity contribution < 1.29 is 19.4 Å². The molecule has 5 heteroatoms. The van der Waals surface area contributed by atoms with Crippen molar-refractivity contribution in [2.24, 2.45) is 0 Å². The molecule has 0 aromatic carbocycles. The Hall–Kier alpha value is -1.10. The van der Waals surface area contributed by atoms with E-state index in [1.807, 2.05) is 0 Å². The predicted octanol–water partition coefficient (Wildman–Crippen LogP) is 2.63. The van der Waals surface area contributed by atoms with E-state index in [9.17, 15) is 9.59 Å². The summed E-state index contributed by atoms with van der Waals surface area (Å²) in [6.07, 6.45) is 9.05. The molecule has 0 aliphatic heterocycles. The van der Waals surface area contributed by atoms with Gasteiger partial charge < -0.3 is 15.2 Å². The lowest BCUT2D eigenvalue weighted by atomic mass is 9.74. The van der Waals surface area contributed by atoms with Gasteiger partial charge in [0, 0.05) is 0 Å². The van der Waals surface area contributed by atoms with Crippen molar-refractivity contribution in [2.75, 3.05) is 0 Å². The maximum atomic E-state index is 12.3. The van der Waals surface area contributed by atoms with E-state index in [0.717, 1.165) is 32.1 Å². The van der Waals surface area contributed by atoms with Gasteiger partial charge in [0.25, 0.3) is 0 Å². The first-order valence-electron chi connectivity index (χ1n) is 8.20. The molecular weight excluding hydrogens is 270 g/mol. The third kappa shape index (κ3) is 4.70. The molecule has 0 saturated heterocycles. The molecule has 0 spiro atoms. The molecule has 5 nitrogen and oxygen atoms in total. The van der Waals surface area contributed by atoms with E-state index < -0.39 is 17.6 Å². The van der Waals surface area contributed by atoms with Crippen LogP contribution in [-0.4, -0.2) is 34.7 Å². The largest absolute Gasteiger partial charge is 0.481 e. The highest BCUT2D eigenvalue weighted by atomic mass is 16.5. The van der Waals surface area contributed by atoms with Gasteiger partial charge in [0.2, 0.25) is 5.91 Å². The third-order valence-corrected chi connectivity index (χ3v) is 4.76. The van der Waals surface area contributed by atoms with Gasteiger partial charge in [0.1, 0.15) is 6.10 Å². The Kier molecular flexibility index (Phi) is 5.62. The van der Waals surface area contributed by atoms with Gasteiger partial charge in [0.05, 0.1) is 18.1 Å². The molecule has 120 valence electrons.